The van der Waals surface area contributed by atoms with Crippen molar-refractivity contribution in [2.75, 3.05) is 32.7 Å². The Kier molecular flexibility index (Phi) is 5.58. The van der Waals surface area contributed by atoms with Gasteiger partial charge in [0.2, 0.25) is 5.91 Å². The fourth-order valence-electron chi connectivity index (χ4n) is 4.80. The highest BCUT2D eigenvalue weighted by atomic mass is 35.5. The Labute approximate surface area is 210 Å². The lowest BCUT2D eigenvalue weighted by molar-refractivity contribution is -0.138. The number of ether oxygens (including phenoxy) is 1. The maximum absolute atomic E-state index is 13.1. The first-order valence-electron chi connectivity index (χ1n) is 11.4. The summed E-state index contributed by atoms with van der Waals surface area (Å²) in [7, 11) is 0. The Morgan fingerprint density at radius 2 is 2.03 bits per heavy atom. The molecule has 9 nitrogen and oxygen atoms in total. The molecule has 2 N–H and O–H groups in total. The van der Waals surface area contributed by atoms with Crippen molar-refractivity contribution in [1.82, 2.24) is 25.4 Å². The van der Waals surface area contributed by atoms with E-state index in [4.69, 9.17) is 16.3 Å². The van der Waals surface area contributed by atoms with Crippen LogP contribution in [0.1, 0.15) is 10.4 Å². The molecular formula is C24H22ClN5O4S. The third kappa shape index (κ3) is 4.01. The number of carbonyl (C=O) groups excluding carboxylic acids is 3. The van der Waals surface area contributed by atoms with E-state index in [-0.39, 0.29) is 30.9 Å². The number of urea groups is 1. The van der Waals surface area contributed by atoms with Gasteiger partial charge >= 0.3 is 6.03 Å². The van der Waals surface area contributed by atoms with Crippen molar-refractivity contribution >= 4 is 51.0 Å². The zero-order valence-corrected chi connectivity index (χ0v) is 20.2. The number of halogens is 1. The number of piperazine rings is 1. The third-order valence-electron chi connectivity index (χ3n) is 6.50. The summed E-state index contributed by atoms with van der Waals surface area (Å²) >= 11 is 7.97. The van der Waals surface area contributed by atoms with Crippen molar-refractivity contribution < 1.29 is 19.1 Å². The highest BCUT2D eigenvalue weighted by Crippen LogP contribution is 2.45. The number of nitrogens with one attached hydrogen (secondary N) is 2. The van der Waals surface area contributed by atoms with Crippen LogP contribution in [0.4, 0.5) is 4.79 Å². The van der Waals surface area contributed by atoms with Crippen LogP contribution >= 0.6 is 22.9 Å². The average Bonchev–Trinajstić information content (AvgIpc) is 3.56. The molecule has 11 heteroatoms. The number of hydrogen-bond donors (Lipinski definition) is 2. The largest absolute Gasteiger partial charge is 0.479 e. The molecular weight excluding hydrogens is 490 g/mol. The van der Waals surface area contributed by atoms with Gasteiger partial charge in [-0.15, -0.1) is 11.3 Å². The molecule has 3 aromatic rings. The van der Waals surface area contributed by atoms with E-state index in [1.54, 1.807) is 6.20 Å². The summed E-state index contributed by atoms with van der Waals surface area (Å²) in [6.45, 7) is 3.11. The molecule has 2 saturated heterocycles. The number of amides is 4. The highest BCUT2D eigenvalue weighted by Gasteiger charge is 2.35. The molecule has 0 spiro atoms. The van der Waals surface area contributed by atoms with E-state index in [0.717, 1.165) is 44.9 Å². The topological polar surface area (TPSA) is 104 Å². The van der Waals surface area contributed by atoms with Crippen LogP contribution in [-0.2, 0) is 22.6 Å². The van der Waals surface area contributed by atoms with Gasteiger partial charge in [0.15, 0.2) is 6.10 Å². The van der Waals surface area contributed by atoms with E-state index in [9.17, 15) is 14.4 Å². The number of hydrogen-bond acceptors (Lipinski definition) is 7. The monoisotopic (exact) mass is 511 g/mol. The van der Waals surface area contributed by atoms with E-state index >= 15 is 0 Å². The summed E-state index contributed by atoms with van der Waals surface area (Å²) in [5, 5.41) is 6.37. The van der Waals surface area contributed by atoms with Gasteiger partial charge in [-0.3, -0.25) is 19.5 Å². The first kappa shape index (κ1) is 22.3. The summed E-state index contributed by atoms with van der Waals surface area (Å²) in [6, 6.07) is 7.12. The van der Waals surface area contributed by atoms with Crippen LogP contribution in [0.3, 0.4) is 0 Å². The van der Waals surface area contributed by atoms with Crippen molar-refractivity contribution in [3.05, 3.63) is 45.9 Å². The number of benzene rings is 1. The SMILES string of the molecule is O=C(C1Cc2cc(Cl)cc(-c3ccnc4cc(CN5C(=O)CNC5=O)sc34)c2O1)N1CCNCC1. The number of carbonyl (C=O) groups is 3. The molecule has 2 fully saturated rings. The van der Waals surface area contributed by atoms with Crippen LogP contribution in [0.2, 0.25) is 5.02 Å². The number of imide groups is 1. The minimum Gasteiger partial charge on any atom is -0.479 e. The minimum absolute atomic E-state index is 0.00313. The van der Waals surface area contributed by atoms with Gasteiger partial charge in [0, 0.05) is 65.4 Å². The highest BCUT2D eigenvalue weighted by molar-refractivity contribution is 7.19. The maximum Gasteiger partial charge on any atom is 0.324 e. The summed E-state index contributed by atoms with van der Waals surface area (Å²) < 4.78 is 7.16. The normalized spacial score (nSPS) is 19.7. The summed E-state index contributed by atoms with van der Waals surface area (Å²) in [6.07, 6.45) is 1.62. The molecule has 35 heavy (non-hydrogen) atoms. The van der Waals surface area contributed by atoms with E-state index in [2.05, 4.69) is 15.6 Å². The fourth-order valence-corrected chi connectivity index (χ4v) is 6.17. The Hall–Kier alpha value is -3.21. The third-order valence-corrected chi connectivity index (χ3v) is 7.86. The Balaban J connectivity index is 1.34. The molecule has 0 bridgehead atoms. The molecule has 1 atom stereocenters. The quantitative estimate of drug-likeness (QED) is 0.521. The lowest BCUT2D eigenvalue weighted by Crippen LogP contribution is -2.50. The Bertz CT molecular complexity index is 1350. The molecule has 1 unspecified atom stereocenters. The van der Waals surface area contributed by atoms with Gasteiger partial charge in [0.05, 0.1) is 23.3 Å². The second kappa shape index (κ2) is 8.78. The summed E-state index contributed by atoms with van der Waals surface area (Å²) in [5.41, 5.74) is 3.35. The lowest BCUT2D eigenvalue weighted by Gasteiger charge is -2.29. The maximum atomic E-state index is 13.1. The number of nitrogens with zero attached hydrogens (tertiary/aromatic N) is 3. The van der Waals surface area contributed by atoms with Crippen LogP contribution in [0.5, 0.6) is 5.75 Å². The van der Waals surface area contributed by atoms with Gasteiger partial charge in [-0.05, 0) is 24.3 Å². The van der Waals surface area contributed by atoms with Gasteiger partial charge in [0.1, 0.15) is 5.75 Å². The summed E-state index contributed by atoms with van der Waals surface area (Å²) in [5.74, 6) is 0.415. The smallest absolute Gasteiger partial charge is 0.324 e. The molecule has 3 aliphatic heterocycles. The summed E-state index contributed by atoms with van der Waals surface area (Å²) in [4.78, 5) is 45.5. The predicted molar refractivity (Wildman–Crippen MR) is 132 cm³/mol. The van der Waals surface area contributed by atoms with E-state index < -0.39 is 6.10 Å². The number of pyridine rings is 1. The number of aromatic nitrogens is 1. The first-order chi connectivity index (χ1) is 17.0. The first-order valence-corrected chi connectivity index (χ1v) is 12.6. The fraction of sp³-hybridized carbons (Fsp3) is 0.333. The van der Waals surface area contributed by atoms with Gasteiger partial charge in [-0.1, -0.05) is 11.6 Å². The van der Waals surface area contributed by atoms with Crippen LogP contribution in [0.25, 0.3) is 21.3 Å². The van der Waals surface area contributed by atoms with Crippen molar-refractivity contribution in [2.45, 2.75) is 19.1 Å². The van der Waals surface area contributed by atoms with E-state index in [0.29, 0.717) is 30.3 Å². The molecule has 0 radical (unpaired) electrons. The van der Waals surface area contributed by atoms with Crippen LogP contribution < -0.4 is 15.4 Å². The molecule has 180 valence electrons. The van der Waals surface area contributed by atoms with E-state index in [1.165, 1.54) is 16.2 Å². The van der Waals surface area contributed by atoms with Crippen molar-refractivity contribution in [3.8, 4) is 16.9 Å². The predicted octanol–water partition coefficient (Wildman–Crippen LogP) is 2.40. The van der Waals surface area contributed by atoms with Gasteiger partial charge < -0.3 is 20.3 Å². The van der Waals surface area contributed by atoms with Crippen molar-refractivity contribution in [3.63, 3.8) is 0 Å². The zero-order valence-electron chi connectivity index (χ0n) is 18.7. The zero-order chi connectivity index (χ0) is 24.1. The molecule has 0 saturated carbocycles. The molecule has 2 aromatic heterocycles. The number of thiophene rings is 1. The molecule has 3 aliphatic rings. The molecule has 1 aromatic carbocycles. The molecule has 6 rings (SSSR count). The van der Waals surface area contributed by atoms with Gasteiger partial charge in [-0.2, -0.15) is 0 Å². The van der Waals surface area contributed by atoms with Crippen molar-refractivity contribution in [1.29, 1.82) is 0 Å². The average molecular weight is 512 g/mol. The standard InChI is InChI=1S/C24H22ClN5O4S/c25-14-7-13-8-19(23(32)29-5-3-26-4-6-29)34-21(13)17(9-14)16-1-2-27-18-10-15(35-22(16)18)12-30-20(31)11-28-24(30)33/h1-2,7,9-10,19,26H,3-6,8,11-12H2,(H,28,33). The second-order valence-corrected chi connectivity index (χ2v) is 10.3. The molecule has 0 aliphatic carbocycles. The molecule has 5 heterocycles. The minimum atomic E-state index is -0.573. The van der Waals surface area contributed by atoms with Crippen LogP contribution in [0, 0.1) is 0 Å². The Morgan fingerprint density at radius 3 is 2.80 bits per heavy atom. The molecule has 4 amide bonds. The van der Waals surface area contributed by atoms with Gasteiger partial charge in [-0.25, -0.2) is 4.79 Å². The van der Waals surface area contributed by atoms with Crippen molar-refractivity contribution in [2.24, 2.45) is 0 Å². The Morgan fingerprint density at radius 1 is 1.20 bits per heavy atom. The van der Waals surface area contributed by atoms with Crippen LogP contribution in [-0.4, -0.2) is 71.5 Å². The van der Waals surface area contributed by atoms with Gasteiger partial charge in [0.25, 0.3) is 5.91 Å². The van der Waals surface area contributed by atoms with Crippen LogP contribution in [0.15, 0.2) is 30.5 Å². The lowest BCUT2D eigenvalue weighted by atomic mass is 10.0. The second-order valence-electron chi connectivity index (χ2n) is 8.75. The number of rotatable bonds is 4. The van der Waals surface area contributed by atoms with E-state index in [1.807, 2.05) is 29.2 Å². The number of fused-ring (bicyclic) bond motifs is 2.